The fourth-order valence-corrected chi connectivity index (χ4v) is 2.38. The van der Waals surface area contributed by atoms with Gasteiger partial charge in [0.25, 0.3) is 11.8 Å². The standard InChI is InChI=1S/C17H22Cl4N2O4/c1-3-4-5-8-27-11-7-6-10(9-12(11)26-2)15(22-16(24)13(18)19)23-17(25)14(20)21/h6-7,9,13-15H,3-5,8H2,1-2H3,(H,22,24)(H,23,25). The second-order valence-corrected chi connectivity index (χ2v) is 7.71. The van der Waals surface area contributed by atoms with Crippen LogP contribution in [0.2, 0.25) is 0 Å². The molecule has 2 N–H and O–H groups in total. The van der Waals surface area contributed by atoms with E-state index in [1.165, 1.54) is 7.11 Å². The molecule has 1 rings (SSSR count). The summed E-state index contributed by atoms with van der Waals surface area (Å²) in [5.74, 6) is -0.389. The van der Waals surface area contributed by atoms with Crippen LogP contribution in [0.1, 0.15) is 37.9 Å². The number of carbonyl (C=O) groups is 2. The first kappa shape index (κ1) is 24.0. The van der Waals surface area contributed by atoms with Crippen molar-refractivity contribution >= 4 is 58.2 Å². The summed E-state index contributed by atoms with van der Waals surface area (Å²) < 4.78 is 11.1. The molecule has 0 aromatic heterocycles. The zero-order chi connectivity index (χ0) is 20.4. The summed E-state index contributed by atoms with van der Waals surface area (Å²) in [7, 11) is 1.49. The first-order valence-corrected chi connectivity index (χ1v) is 10.0. The Hall–Kier alpha value is -1.08. The average Bonchev–Trinajstić information content (AvgIpc) is 2.64. The third kappa shape index (κ3) is 8.21. The Bertz CT molecular complexity index is 607. The number of methoxy groups -OCH3 is 1. The molecule has 1 aromatic rings. The molecule has 0 saturated heterocycles. The van der Waals surface area contributed by atoms with Gasteiger partial charge >= 0.3 is 0 Å². The fraction of sp³-hybridized carbons (Fsp3) is 0.529. The second-order valence-electron chi connectivity index (χ2n) is 5.52. The number of hydrogen-bond acceptors (Lipinski definition) is 4. The first-order chi connectivity index (χ1) is 12.8. The van der Waals surface area contributed by atoms with Crippen LogP contribution < -0.4 is 20.1 Å². The van der Waals surface area contributed by atoms with E-state index < -0.39 is 27.7 Å². The van der Waals surface area contributed by atoms with Crippen LogP contribution in [0, 0.1) is 0 Å². The third-order valence-electron chi connectivity index (χ3n) is 3.50. The van der Waals surface area contributed by atoms with Crippen LogP contribution in [0.5, 0.6) is 11.5 Å². The van der Waals surface area contributed by atoms with Gasteiger partial charge in [-0.1, -0.05) is 72.2 Å². The zero-order valence-electron chi connectivity index (χ0n) is 14.9. The number of rotatable bonds is 11. The highest BCUT2D eigenvalue weighted by molar-refractivity contribution is 6.54. The van der Waals surface area contributed by atoms with Crippen LogP contribution in [0.25, 0.3) is 0 Å². The van der Waals surface area contributed by atoms with E-state index in [4.69, 9.17) is 55.9 Å². The van der Waals surface area contributed by atoms with Crippen molar-refractivity contribution in [3.8, 4) is 11.5 Å². The molecule has 1 aromatic carbocycles. The van der Waals surface area contributed by atoms with E-state index in [0.717, 1.165) is 19.3 Å². The maximum absolute atomic E-state index is 11.9. The third-order valence-corrected chi connectivity index (χ3v) is 4.29. The van der Waals surface area contributed by atoms with Gasteiger partial charge in [-0.3, -0.25) is 9.59 Å². The highest BCUT2D eigenvalue weighted by atomic mass is 35.5. The number of ether oxygens (including phenoxy) is 2. The van der Waals surface area contributed by atoms with Crippen molar-refractivity contribution in [1.29, 1.82) is 0 Å². The molecule has 2 amide bonds. The SMILES string of the molecule is CCCCCOc1ccc(C(NC(=O)C(Cl)Cl)NC(=O)C(Cl)Cl)cc1OC. The highest BCUT2D eigenvalue weighted by Gasteiger charge is 2.24. The number of unbranched alkanes of at least 4 members (excludes halogenated alkanes) is 2. The van der Waals surface area contributed by atoms with E-state index in [-0.39, 0.29) is 0 Å². The summed E-state index contributed by atoms with van der Waals surface area (Å²) in [5.41, 5.74) is 0.498. The van der Waals surface area contributed by atoms with Gasteiger partial charge in [-0.05, 0) is 24.1 Å². The highest BCUT2D eigenvalue weighted by Crippen LogP contribution is 2.30. The predicted octanol–water partition coefficient (Wildman–Crippen LogP) is 4.10. The first-order valence-electron chi connectivity index (χ1n) is 8.27. The van der Waals surface area contributed by atoms with E-state index >= 15 is 0 Å². The number of alkyl halides is 4. The van der Waals surface area contributed by atoms with Crippen molar-refractivity contribution in [2.45, 2.75) is 42.0 Å². The minimum Gasteiger partial charge on any atom is -0.493 e. The molecular weight excluding hydrogens is 438 g/mol. The minimum atomic E-state index is -1.31. The molecule has 0 spiro atoms. The topological polar surface area (TPSA) is 76.7 Å². The van der Waals surface area contributed by atoms with Crippen LogP contribution in [0.4, 0.5) is 0 Å². The Morgan fingerprint density at radius 3 is 2.07 bits per heavy atom. The van der Waals surface area contributed by atoms with Crippen molar-refractivity contribution in [2.75, 3.05) is 13.7 Å². The number of nitrogens with one attached hydrogen (secondary N) is 2. The van der Waals surface area contributed by atoms with Crippen molar-refractivity contribution in [1.82, 2.24) is 10.6 Å². The summed E-state index contributed by atoms with van der Waals surface area (Å²) in [4.78, 5) is 21.1. The second kappa shape index (κ2) is 12.4. The maximum Gasteiger partial charge on any atom is 0.255 e. The van der Waals surface area contributed by atoms with Crippen molar-refractivity contribution in [3.63, 3.8) is 0 Å². The van der Waals surface area contributed by atoms with E-state index in [0.29, 0.717) is 23.7 Å². The molecule has 27 heavy (non-hydrogen) atoms. The van der Waals surface area contributed by atoms with Gasteiger partial charge in [0.1, 0.15) is 6.17 Å². The lowest BCUT2D eigenvalue weighted by Crippen LogP contribution is -2.44. The van der Waals surface area contributed by atoms with E-state index in [2.05, 4.69) is 17.6 Å². The molecule has 0 aliphatic heterocycles. The number of amides is 2. The minimum absolute atomic E-state index is 0.444. The molecule has 10 heteroatoms. The molecule has 0 radical (unpaired) electrons. The molecule has 0 atom stereocenters. The Kier molecular flexibility index (Phi) is 11.0. The van der Waals surface area contributed by atoms with E-state index in [1.807, 2.05) is 0 Å². The van der Waals surface area contributed by atoms with Gasteiger partial charge in [0, 0.05) is 0 Å². The number of benzene rings is 1. The largest absolute Gasteiger partial charge is 0.493 e. The fourth-order valence-electron chi connectivity index (χ4n) is 2.13. The van der Waals surface area contributed by atoms with Crippen LogP contribution in [0.3, 0.4) is 0 Å². The van der Waals surface area contributed by atoms with Gasteiger partial charge in [0.2, 0.25) is 0 Å². The lowest BCUT2D eigenvalue weighted by Gasteiger charge is -2.22. The van der Waals surface area contributed by atoms with Crippen molar-refractivity contribution in [3.05, 3.63) is 23.8 Å². The monoisotopic (exact) mass is 458 g/mol. The van der Waals surface area contributed by atoms with Gasteiger partial charge in [-0.25, -0.2) is 0 Å². The summed E-state index contributed by atoms with van der Waals surface area (Å²) in [6, 6.07) is 4.97. The Labute approximate surface area is 178 Å². The number of hydrogen-bond donors (Lipinski definition) is 2. The van der Waals surface area contributed by atoms with Crippen LogP contribution in [0.15, 0.2) is 18.2 Å². The Morgan fingerprint density at radius 1 is 1.00 bits per heavy atom. The molecule has 0 aliphatic rings. The number of halogens is 4. The molecule has 0 heterocycles. The Morgan fingerprint density at radius 2 is 1.59 bits per heavy atom. The van der Waals surface area contributed by atoms with Gasteiger partial charge in [0.15, 0.2) is 21.2 Å². The van der Waals surface area contributed by atoms with E-state index in [9.17, 15) is 9.59 Å². The Balaban J connectivity index is 3.01. The number of carbonyl (C=O) groups excluding carboxylic acids is 2. The molecule has 0 bridgehead atoms. The molecule has 6 nitrogen and oxygen atoms in total. The molecule has 0 saturated carbocycles. The van der Waals surface area contributed by atoms with Crippen molar-refractivity contribution < 1.29 is 19.1 Å². The van der Waals surface area contributed by atoms with E-state index in [1.54, 1.807) is 18.2 Å². The van der Waals surface area contributed by atoms with Crippen molar-refractivity contribution in [2.24, 2.45) is 0 Å². The lowest BCUT2D eigenvalue weighted by molar-refractivity contribution is -0.122. The van der Waals surface area contributed by atoms with Crippen LogP contribution in [-0.2, 0) is 9.59 Å². The average molecular weight is 460 g/mol. The van der Waals surface area contributed by atoms with Gasteiger partial charge in [-0.2, -0.15) is 0 Å². The molecular formula is C17H22Cl4N2O4. The summed E-state index contributed by atoms with van der Waals surface area (Å²) in [6.07, 6.45) is 2.12. The molecule has 0 unspecified atom stereocenters. The zero-order valence-corrected chi connectivity index (χ0v) is 18.0. The van der Waals surface area contributed by atoms with Gasteiger partial charge in [0.05, 0.1) is 13.7 Å². The van der Waals surface area contributed by atoms with Crippen LogP contribution in [-0.4, -0.2) is 35.2 Å². The maximum atomic E-state index is 11.9. The van der Waals surface area contributed by atoms with Gasteiger partial charge in [-0.15, -0.1) is 0 Å². The summed E-state index contributed by atoms with van der Waals surface area (Å²) >= 11 is 22.3. The predicted molar refractivity (Wildman–Crippen MR) is 108 cm³/mol. The van der Waals surface area contributed by atoms with Crippen LogP contribution >= 0.6 is 46.4 Å². The summed E-state index contributed by atoms with van der Waals surface area (Å²) in [6.45, 7) is 2.66. The van der Waals surface area contributed by atoms with Gasteiger partial charge < -0.3 is 20.1 Å². The normalized spacial score (nSPS) is 11.0. The lowest BCUT2D eigenvalue weighted by atomic mass is 10.1. The molecule has 0 fully saturated rings. The molecule has 152 valence electrons. The quantitative estimate of drug-likeness (QED) is 0.296. The smallest absolute Gasteiger partial charge is 0.255 e. The summed E-state index contributed by atoms with van der Waals surface area (Å²) in [5, 5.41) is 5.00. The molecule has 0 aliphatic carbocycles.